The van der Waals surface area contributed by atoms with Gasteiger partial charge in [-0.2, -0.15) is 0 Å². The molecule has 0 spiro atoms. The normalized spacial score (nSPS) is 13.6. The fourth-order valence-electron chi connectivity index (χ4n) is 2.03. The van der Waals surface area contributed by atoms with E-state index in [2.05, 4.69) is 9.72 Å². The van der Waals surface area contributed by atoms with Crippen molar-refractivity contribution in [1.29, 1.82) is 0 Å². The van der Waals surface area contributed by atoms with Crippen LogP contribution in [0.5, 0.6) is 0 Å². The van der Waals surface area contributed by atoms with Gasteiger partial charge in [0.05, 0.1) is 23.9 Å². The zero-order valence-corrected chi connectivity index (χ0v) is 11.1. The van der Waals surface area contributed by atoms with Gasteiger partial charge < -0.3 is 4.74 Å². The molecule has 1 aliphatic rings. The third kappa shape index (κ3) is 1.64. The number of anilines is 1. The summed E-state index contributed by atoms with van der Waals surface area (Å²) in [6.45, 7) is 0. The highest BCUT2D eigenvalue weighted by Gasteiger charge is 2.39. The third-order valence-electron chi connectivity index (χ3n) is 2.94. The molecule has 2 amide bonds. The first-order valence-corrected chi connectivity index (χ1v) is 6.51. The molecule has 2 aromatic heterocycles. The molecule has 7 heteroatoms. The zero-order valence-electron chi connectivity index (χ0n) is 10.3. The summed E-state index contributed by atoms with van der Waals surface area (Å²) >= 11 is 1.12. The van der Waals surface area contributed by atoms with E-state index in [0.717, 1.165) is 16.2 Å². The maximum absolute atomic E-state index is 12.3. The number of hydrogen-bond donors (Lipinski definition) is 0. The lowest BCUT2D eigenvalue weighted by atomic mass is 10.2. The molecule has 0 aliphatic carbocycles. The van der Waals surface area contributed by atoms with Crippen LogP contribution >= 0.6 is 11.3 Å². The van der Waals surface area contributed by atoms with E-state index in [9.17, 15) is 14.4 Å². The lowest BCUT2D eigenvalue weighted by Crippen LogP contribution is -2.30. The minimum atomic E-state index is -0.579. The summed E-state index contributed by atoms with van der Waals surface area (Å²) in [5, 5.41) is 1.63. The molecule has 0 saturated carbocycles. The number of aromatic nitrogens is 1. The molecule has 1 aliphatic heterocycles. The summed E-state index contributed by atoms with van der Waals surface area (Å²) in [6, 6.07) is 3.03. The molecular formula is C13H8N2O4S. The van der Waals surface area contributed by atoms with Gasteiger partial charge in [-0.25, -0.2) is 9.69 Å². The molecule has 100 valence electrons. The van der Waals surface area contributed by atoms with Gasteiger partial charge in [0.15, 0.2) is 0 Å². The van der Waals surface area contributed by atoms with Crippen LogP contribution in [0.1, 0.15) is 30.4 Å². The maximum Gasteiger partial charge on any atom is 0.350 e. The van der Waals surface area contributed by atoms with Gasteiger partial charge in [0.2, 0.25) is 0 Å². The van der Waals surface area contributed by atoms with Crippen molar-refractivity contribution in [2.75, 3.05) is 12.0 Å². The molecule has 0 fully saturated rings. The number of rotatable bonds is 2. The highest BCUT2D eigenvalue weighted by Crippen LogP contribution is 2.33. The molecule has 0 radical (unpaired) electrons. The van der Waals surface area contributed by atoms with Crippen LogP contribution in [-0.2, 0) is 4.74 Å². The van der Waals surface area contributed by atoms with Crippen molar-refractivity contribution >= 4 is 34.8 Å². The van der Waals surface area contributed by atoms with E-state index in [0.29, 0.717) is 0 Å². The quantitative estimate of drug-likeness (QED) is 0.621. The molecule has 0 N–H and O–H groups in total. The number of amides is 2. The highest BCUT2D eigenvalue weighted by atomic mass is 32.1. The van der Waals surface area contributed by atoms with Crippen molar-refractivity contribution < 1.29 is 19.1 Å². The van der Waals surface area contributed by atoms with E-state index in [4.69, 9.17) is 0 Å². The van der Waals surface area contributed by atoms with Crippen LogP contribution in [0.3, 0.4) is 0 Å². The average Bonchev–Trinajstić information content (AvgIpc) is 3.03. The van der Waals surface area contributed by atoms with Crippen molar-refractivity contribution in [2.24, 2.45) is 0 Å². The fourth-order valence-corrected chi connectivity index (χ4v) is 2.82. The minimum Gasteiger partial charge on any atom is -0.465 e. The predicted molar refractivity (Wildman–Crippen MR) is 71.0 cm³/mol. The smallest absolute Gasteiger partial charge is 0.350 e. The molecule has 20 heavy (non-hydrogen) atoms. The molecule has 3 heterocycles. The Morgan fingerprint density at radius 3 is 2.70 bits per heavy atom. The lowest BCUT2D eigenvalue weighted by Gasteiger charge is -2.13. The number of methoxy groups -OCH3 is 1. The highest BCUT2D eigenvalue weighted by molar-refractivity contribution is 7.12. The lowest BCUT2D eigenvalue weighted by molar-refractivity contribution is 0.0607. The number of imide groups is 1. The average molecular weight is 288 g/mol. The van der Waals surface area contributed by atoms with Gasteiger partial charge in [0.25, 0.3) is 11.8 Å². The number of pyridine rings is 1. The Morgan fingerprint density at radius 2 is 2.00 bits per heavy atom. The summed E-state index contributed by atoms with van der Waals surface area (Å²) < 4.78 is 4.65. The van der Waals surface area contributed by atoms with Gasteiger partial charge in [0, 0.05) is 12.4 Å². The fraction of sp³-hybridized carbons (Fsp3) is 0.0769. The Balaban J connectivity index is 2.10. The van der Waals surface area contributed by atoms with Gasteiger partial charge in [-0.3, -0.25) is 14.6 Å². The van der Waals surface area contributed by atoms with E-state index in [-0.39, 0.29) is 21.7 Å². The molecule has 0 atom stereocenters. The van der Waals surface area contributed by atoms with E-state index < -0.39 is 17.8 Å². The molecular weight excluding hydrogens is 280 g/mol. The number of carbonyl (C=O) groups excluding carboxylic acids is 3. The third-order valence-corrected chi connectivity index (χ3v) is 3.83. The summed E-state index contributed by atoms with van der Waals surface area (Å²) in [6.07, 6.45) is 2.79. The van der Waals surface area contributed by atoms with E-state index >= 15 is 0 Å². The largest absolute Gasteiger partial charge is 0.465 e. The second kappa shape index (κ2) is 4.53. The SMILES string of the molecule is COC(=O)c1sccc1N1C(=O)c2ccncc2C1=O. The first-order chi connectivity index (χ1) is 9.65. The van der Waals surface area contributed by atoms with Crippen molar-refractivity contribution in [3.63, 3.8) is 0 Å². The Bertz CT molecular complexity index is 702. The summed E-state index contributed by atoms with van der Waals surface area (Å²) in [5.41, 5.74) is 0.764. The molecule has 0 unspecified atom stereocenters. The summed E-state index contributed by atoms with van der Waals surface area (Å²) in [4.78, 5) is 41.3. The predicted octanol–water partition coefficient (Wildman–Crippen LogP) is 1.73. The van der Waals surface area contributed by atoms with Crippen LogP contribution in [0.25, 0.3) is 0 Å². The molecule has 0 saturated heterocycles. The van der Waals surface area contributed by atoms with Gasteiger partial charge in [-0.05, 0) is 17.5 Å². The van der Waals surface area contributed by atoms with Crippen molar-refractivity contribution in [2.45, 2.75) is 0 Å². The van der Waals surface area contributed by atoms with Gasteiger partial charge in [-0.1, -0.05) is 0 Å². The maximum atomic E-state index is 12.3. The zero-order chi connectivity index (χ0) is 14.3. The molecule has 3 rings (SSSR count). The van der Waals surface area contributed by atoms with Crippen LogP contribution in [0.4, 0.5) is 5.69 Å². The number of fused-ring (bicyclic) bond motifs is 1. The second-order valence-corrected chi connectivity index (χ2v) is 4.91. The van der Waals surface area contributed by atoms with Crippen molar-refractivity contribution in [3.05, 3.63) is 45.9 Å². The molecule has 0 bridgehead atoms. The monoisotopic (exact) mass is 288 g/mol. The van der Waals surface area contributed by atoms with Crippen LogP contribution in [-0.4, -0.2) is 29.9 Å². The first kappa shape index (κ1) is 12.5. The van der Waals surface area contributed by atoms with Crippen LogP contribution < -0.4 is 4.90 Å². The van der Waals surface area contributed by atoms with Crippen LogP contribution in [0, 0.1) is 0 Å². The standard InChI is InChI=1S/C13H8N2O4S/c1-19-13(18)10-9(3-5-20-10)15-11(16)7-2-4-14-6-8(7)12(15)17/h2-6H,1H3. The Labute approximate surface area is 117 Å². The van der Waals surface area contributed by atoms with Gasteiger partial charge >= 0.3 is 5.97 Å². The van der Waals surface area contributed by atoms with Gasteiger partial charge in [-0.15, -0.1) is 11.3 Å². The Kier molecular flexibility index (Phi) is 2.83. The molecule has 2 aromatic rings. The number of hydrogen-bond acceptors (Lipinski definition) is 6. The number of nitrogens with zero attached hydrogens (tertiary/aromatic N) is 2. The number of esters is 1. The Morgan fingerprint density at radius 1 is 1.25 bits per heavy atom. The summed E-state index contributed by atoms with van der Waals surface area (Å²) in [5.74, 6) is -1.53. The van der Waals surface area contributed by atoms with Crippen molar-refractivity contribution in [1.82, 2.24) is 4.98 Å². The van der Waals surface area contributed by atoms with Crippen LogP contribution in [0.2, 0.25) is 0 Å². The second-order valence-electron chi connectivity index (χ2n) is 3.99. The number of carbonyl (C=O) groups is 3. The molecule has 6 nitrogen and oxygen atoms in total. The first-order valence-electron chi connectivity index (χ1n) is 5.63. The number of ether oxygens (including phenoxy) is 1. The Hall–Kier alpha value is -2.54. The topological polar surface area (TPSA) is 76.6 Å². The summed E-state index contributed by atoms with van der Waals surface area (Å²) in [7, 11) is 1.25. The van der Waals surface area contributed by atoms with E-state index in [1.807, 2.05) is 0 Å². The van der Waals surface area contributed by atoms with E-state index in [1.165, 1.54) is 25.6 Å². The number of thiophene rings is 1. The molecule has 0 aromatic carbocycles. The minimum absolute atomic E-state index is 0.218. The van der Waals surface area contributed by atoms with Gasteiger partial charge in [0.1, 0.15) is 4.88 Å². The van der Waals surface area contributed by atoms with Crippen LogP contribution in [0.15, 0.2) is 29.9 Å². The van der Waals surface area contributed by atoms with Crippen molar-refractivity contribution in [3.8, 4) is 0 Å². The van der Waals surface area contributed by atoms with E-state index in [1.54, 1.807) is 11.4 Å².